The molecule has 26 heavy (non-hydrogen) atoms. The minimum Gasteiger partial charge on any atom is -0.497 e. The van der Waals surface area contributed by atoms with Crippen LogP contribution in [0.15, 0.2) is 34.2 Å². The molecule has 8 nitrogen and oxygen atoms in total. The van der Waals surface area contributed by atoms with Crippen LogP contribution in [0.25, 0.3) is 5.69 Å². The second-order valence-electron chi connectivity index (χ2n) is 6.19. The zero-order valence-electron chi connectivity index (χ0n) is 14.7. The molecule has 9 heteroatoms. The molecule has 0 spiro atoms. The molecule has 1 aromatic carbocycles. The van der Waals surface area contributed by atoms with Crippen LogP contribution >= 0.6 is 12.2 Å². The molecule has 0 saturated carbocycles. The van der Waals surface area contributed by atoms with Gasteiger partial charge in [0.25, 0.3) is 5.56 Å². The molecule has 0 aliphatic carbocycles. The van der Waals surface area contributed by atoms with E-state index in [-0.39, 0.29) is 16.2 Å². The largest absolute Gasteiger partial charge is 0.497 e. The molecule has 0 atom stereocenters. The summed E-state index contributed by atoms with van der Waals surface area (Å²) in [6.07, 6.45) is 1.39. The van der Waals surface area contributed by atoms with E-state index in [9.17, 15) is 9.90 Å². The summed E-state index contributed by atoms with van der Waals surface area (Å²) < 4.78 is 6.64. The van der Waals surface area contributed by atoms with Crippen LogP contribution in [0.4, 0.5) is 0 Å². The Kier molecular flexibility index (Phi) is 5.38. The number of H-pyrrole nitrogens is 1. The van der Waals surface area contributed by atoms with Crippen LogP contribution in [0.3, 0.4) is 0 Å². The Morgan fingerprint density at radius 1 is 1.31 bits per heavy atom. The summed E-state index contributed by atoms with van der Waals surface area (Å²) in [6.45, 7) is 3.57. The Morgan fingerprint density at radius 3 is 2.58 bits per heavy atom. The summed E-state index contributed by atoms with van der Waals surface area (Å²) >= 11 is 5.21. The first-order chi connectivity index (χ1) is 12.5. The summed E-state index contributed by atoms with van der Waals surface area (Å²) in [5.74, 6) is 0.440. The van der Waals surface area contributed by atoms with Gasteiger partial charge in [0.15, 0.2) is 4.77 Å². The number of hydrogen-bond acceptors (Lipinski definition) is 6. The molecule has 2 aromatic rings. The van der Waals surface area contributed by atoms with Gasteiger partial charge in [-0.15, -0.1) is 0 Å². The van der Waals surface area contributed by atoms with Crippen molar-refractivity contribution in [3.8, 4) is 17.3 Å². The van der Waals surface area contributed by atoms with Crippen LogP contribution in [-0.4, -0.2) is 66.2 Å². The zero-order chi connectivity index (χ0) is 18.7. The Morgan fingerprint density at radius 2 is 1.96 bits per heavy atom. The van der Waals surface area contributed by atoms with Crippen molar-refractivity contribution in [2.45, 2.75) is 0 Å². The van der Waals surface area contributed by atoms with E-state index in [0.717, 1.165) is 26.2 Å². The van der Waals surface area contributed by atoms with Crippen LogP contribution in [0.2, 0.25) is 0 Å². The van der Waals surface area contributed by atoms with E-state index in [1.165, 1.54) is 15.7 Å². The third-order valence-electron chi connectivity index (χ3n) is 4.40. The lowest BCUT2D eigenvalue weighted by molar-refractivity contribution is -0.884. The standard InChI is InChI=1S/C17H21N5O3S/c1-20-7-9-21(10-8-20)18-11-14-15(23)19-17(26)22(16(14)24)12-3-5-13(25-2)6-4-12/h3-6,11,24H,7-10H2,1-2H3,(H,19,23,26)/p+1/b18-11+. The molecule has 1 saturated heterocycles. The number of ether oxygens (including phenoxy) is 1. The number of piperazine rings is 1. The predicted molar refractivity (Wildman–Crippen MR) is 101 cm³/mol. The van der Waals surface area contributed by atoms with Crippen molar-refractivity contribution in [1.29, 1.82) is 0 Å². The van der Waals surface area contributed by atoms with E-state index in [1.807, 2.05) is 5.01 Å². The molecule has 3 rings (SSSR count). The van der Waals surface area contributed by atoms with Crippen molar-refractivity contribution in [2.75, 3.05) is 40.3 Å². The molecule has 1 aliphatic heterocycles. The first-order valence-corrected chi connectivity index (χ1v) is 8.73. The fourth-order valence-electron chi connectivity index (χ4n) is 2.76. The van der Waals surface area contributed by atoms with Crippen LogP contribution < -0.4 is 15.2 Å². The zero-order valence-corrected chi connectivity index (χ0v) is 15.5. The van der Waals surface area contributed by atoms with E-state index in [0.29, 0.717) is 11.4 Å². The number of quaternary nitrogens is 1. The highest BCUT2D eigenvalue weighted by Gasteiger charge is 2.16. The van der Waals surface area contributed by atoms with Gasteiger partial charge in [-0.2, -0.15) is 5.10 Å². The molecule has 0 radical (unpaired) electrons. The predicted octanol–water partition coefficient (Wildman–Crippen LogP) is -0.227. The molecular weight excluding hydrogens is 354 g/mol. The number of aromatic amines is 1. The Bertz CT molecular complexity index is 911. The van der Waals surface area contributed by atoms with E-state index < -0.39 is 5.56 Å². The van der Waals surface area contributed by atoms with Crippen molar-refractivity contribution >= 4 is 18.4 Å². The highest BCUT2D eigenvalue weighted by Crippen LogP contribution is 2.21. The third-order valence-corrected chi connectivity index (χ3v) is 4.68. The summed E-state index contributed by atoms with van der Waals surface area (Å²) in [4.78, 5) is 16.3. The second-order valence-corrected chi connectivity index (χ2v) is 6.57. The van der Waals surface area contributed by atoms with Crippen molar-refractivity contribution in [2.24, 2.45) is 5.10 Å². The van der Waals surface area contributed by atoms with Gasteiger partial charge in [0.2, 0.25) is 5.88 Å². The van der Waals surface area contributed by atoms with Crippen molar-refractivity contribution < 1.29 is 14.7 Å². The molecule has 0 unspecified atom stereocenters. The lowest BCUT2D eigenvalue weighted by Crippen LogP contribution is -3.11. The second kappa shape index (κ2) is 7.71. The fourth-order valence-corrected chi connectivity index (χ4v) is 3.04. The average molecular weight is 376 g/mol. The minimum absolute atomic E-state index is 0.0701. The van der Waals surface area contributed by atoms with Crippen molar-refractivity contribution in [3.05, 3.63) is 45.0 Å². The topological polar surface area (TPSA) is 87.3 Å². The van der Waals surface area contributed by atoms with E-state index in [1.54, 1.807) is 31.4 Å². The van der Waals surface area contributed by atoms with Gasteiger partial charge < -0.3 is 14.7 Å². The van der Waals surface area contributed by atoms with E-state index >= 15 is 0 Å². The van der Waals surface area contributed by atoms with Gasteiger partial charge >= 0.3 is 0 Å². The molecule has 3 N–H and O–H groups in total. The summed E-state index contributed by atoms with van der Waals surface area (Å²) in [7, 11) is 3.71. The van der Waals surface area contributed by atoms with Crippen molar-refractivity contribution in [1.82, 2.24) is 14.6 Å². The van der Waals surface area contributed by atoms with Gasteiger partial charge in [0, 0.05) is 0 Å². The monoisotopic (exact) mass is 376 g/mol. The number of likely N-dealkylation sites (N-methyl/N-ethyl adjacent to an activating group) is 1. The molecule has 1 aliphatic rings. The normalized spacial score (nSPS) is 15.5. The lowest BCUT2D eigenvalue weighted by Gasteiger charge is -2.27. The minimum atomic E-state index is -0.472. The molecular formula is C17H22N5O3S+. The molecule has 2 heterocycles. The summed E-state index contributed by atoms with van der Waals surface area (Å²) in [6, 6.07) is 7.00. The van der Waals surface area contributed by atoms with Gasteiger partial charge in [-0.05, 0) is 36.5 Å². The van der Waals surface area contributed by atoms with Gasteiger partial charge in [0.05, 0.1) is 52.2 Å². The number of rotatable bonds is 4. The maximum atomic E-state index is 12.2. The third kappa shape index (κ3) is 3.78. The molecule has 138 valence electrons. The van der Waals surface area contributed by atoms with Crippen LogP contribution in [0.5, 0.6) is 11.6 Å². The number of benzene rings is 1. The summed E-state index contributed by atoms with van der Waals surface area (Å²) in [5.41, 5.74) is 0.212. The maximum Gasteiger partial charge on any atom is 0.264 e. The number of hydrazone groups is 1. The van der Waals surface area contributed by atoms with E-state index in [2.05, 4.69) is 17.1 Å². The number of aromatic hydroxyl groups is 1. The average Bonchev–Trinajstić information content (AvgIpc) is 2.63. The molecule has 1 fully saturated rings. The number of hydrogen-bond donors (Lipinski definition) is 3. The Labute approximate surface area is 155 Å². The Hall–Kier alpha value is -2.65. The highest BCUT2D eigenvalue weighted by molar-refractivity contribution is 7.71. The SMILES string of the molecule is COc1ccc(-n2c(O)c(/C=N/N3CC[NH+](C)CC3)c(=O)[nH]c2=S)cc1. The highest BCUT2D eigenvalue weighted by atomic mass is 32.1. The first kappa shape index (κ1) is 18.2. The van der Waals surface area contributed by atoms with Crippen LogP contribution in [-0.2, 0) is 0 Å². The van der Waals surface area contributed by atoms with Gasteiger partial charge in [-0.3, -0.25) is 19.4 Å². The number of nitrogens with one attached hydrogen (secondary N) is 2. The van der Waals surface area contributed by atoms with E-state index in [4.69, 9.17) is 17.0 Å². The van der Waals surface area contributed by atoms with Gasteiger partial charge in [-0.25, -0.2) is 0 Å². The number of aromatic nitrogens is 2. The smallest absolute Gasteiger partial charge is 0.264 e. The first-order valence-electron chi connectivity index (χ1n) is 8.32. The van der Waals surface area contributed by atoms with Crippen molar-refractivity contribution in [3.63, 3.8) is 0 Å². The fraction of sp³-hybridized carbons (Fsp3) is 0.353. The molecule has 0 amide bonds. The maximum absolute atomic E-state index is 12.2. The lowest BCUT2D eigenvalue weighted by atomic mass is 10.2. The Balaban J connectivity index is 1.96. The number of methoxy groups -OCH3 is 1. The van der Waals surface area contributed by atoms with Gasteiger partial charge in [0.1, 0.15) is 11.3 Å². The van der Waals surface area contributed by atoms with Gasteiger partial charge in [-0.1, -0.05) is 0 Å². The quantitative estimate of drug-likeness (QED) is 0.507. The number of nitrogens with zero attached hydrogens (tertiary/aromatic N) is 3. The summed E-state index contributed by atoms with van der Waals surface area (Å²) in [5, 5.41) is 16.9. The van der Waals surface area contributed by atoms with Crippen LogP contribution in [0.1, 0.15) is 5.56 Å². The van der Waals surface area contributed by atoms with Crippen LogP contribution in [0, 0.1) is 4.77 Å². The molecule has 1 aromatic heterocycles. The molecule has 0 bridgehead atoms.